The molecule has 1 amide bonds. The summed E-state index contributed by atoms with van der Waals surface area (Å²) in [4.78, 5) is 15.3. The van der Waals surface area contributed by atoms with Crippen molar-refractivity contribution in [3.8, 4) is 0 Å². The quantitative estimate of drug-likeness (QED) is 0.845. The van der Waals surface area contributed by atoms with E-state index in [2.05, 4.69) is 31.0 Å². The van der Waals surface area contributed by atoms with Gasteiger partial charge in [-0.2, -0.15) is 0 Å². The van der Waals surface area contributed by atoms with Crippen LogP contribution in [0.4, 0.5) is 0 Å². The molecule has 144 valence electrons. The summed E-state index contributed by atoms with van der Waals surface area (Å²) in [5.41, 5.74) is 0.361. The summed E-state index contributed by atoms with van der Waals surface area (Å²) >= 11 is 0. The summed E-state index contributed by atoms with van der Waals surface area (Å²) in [7, 11) is 0. The third-order valence-electron chi connectivity index (χ3n) is 6.87. The Morgan fingerprint density at radius 2 is 1.68 bits per heavy atom. The van der Waals surface area contributed by atoms with Gasteiger partial charge in [-0.25, -0.2) is 0 Å². The number of ether oxygens (including phenoxy) is 1. The van der Waals surface area contributed by atoms with Crippen LogP contribution in [-0.4, -0.2) is 49.2 Å². The SMILES string of the molecule is CC(C)(C)C1CCCC(NC(=O)C2CCC(N3CCOCC3)CC2)C1. The Morgan fingerprint density at radius 3 is 2.32 bits per heavy atom. The number of hydrogen-bond donors (Lipinski definition) is 1. The van der Waals surface area contributed by atoms with Gasteiger partial charge in [0.05, 0.1) is 13.2 Å². The second kappa shape index (κ2) is 8.39. The van der Waals surface area contributed by atoms with Gasteiger partial charge in [-0.15, -0.1) is 0 Å². The highest BCUT2D eigenvalue weighted by atomic mass is 16.5. The van der Waals surface area contributed by atoms with Crippen LogP contribution in [0.5, 0.6) is 0 Å². The first-order chi connectivity index (χ1) is 11.9. The van der Waals surface area contributed by atoms with E-state index in [4.69, 9.17) is 4.74 Å². The van der Waals surface area contributed by atoms with Crippen molar-refractivity contribution in [1.29, 1.82) is 0 Å². The van der Waals surface area contributed by atoms with Crippen molar-refractivity contribution in [3.05, 3.63) is 0 Å². The van der Waals surface area contributed by atoms with Crippen LogP contribution < -0.4 is 5.32 Å². The molecule has 25 heavy (non-hydrogen) atoms. The molecule has 1 saturated heterocycles. The Hall–Kier alpha value is -0.610. The van der Waals surface area contributed by atoms with Crippen molar-refractivity contribution in [3.63, 3.8) is 0 Å². The Morgan fingerprint density at radius 1 is 1.00 bits per heavy atom. The van der Waals surface area contributed by atoms with Gasteiger partial charge in [0, 0.05) is 31.1 Å². The van der Waals surface area contributed by atoms with Gasteiger partial charge < -0.3 is 10.1 Å². The van der Waals surface area contributed by atoms with E-state index in [0.29, 0.717) is 23.4 Å². The second-order valence-electron chi connectivity index (χ2n) is 9.59. The molecule has 1 heterocycles. The van der Waals surface area contributed by atoms with Gasteiger partial charge >= 0.3 is 0 Å². The smallest absolute Gasteiger partial charge is 0.223 e. The van der Waals surface area contributed by atoms with Crippen LogP contribution in [0.25, 0.3) is 0 Å². The van der Waals surface area contributed by atoms with E-state index in [1.165, 1.54) is 38.5 Å². The van der Waals surface area contributed by atoms with Crippen LogP contribution in [0.1, 0.15) is 72.1 Å². The number of hydrogen-bond acceptors (Lipinski definition) is 3. The average Bonchev–Trinajstić information content (AvgIpc) is 2.62. The van der Waals surface area contributed by atoms with Crippen molar-refractivity contribution >= 4 is 5.91 Å². The van der Waals surface area contributed by atoms with Gasteiger partial charge in [0.25, 0.3) is 0 Å². The fourth-order valence-corrected chi connectivity index (χ4v) is 5.07. The summed E-state index contributed by atoms with van der Waals surface area (Å²) in [6.07, 6.45) is 9.38. The average molecular weight is 351 g/mol. The fourth-order valence-electron chi connectivity index (χ4n) is 5.07. The van der Waals surface area contributed by atoms with Crippen LogP contribution in [0.2, 0.25) is 0 Å². The maximum atomic E-state index is 12.8. The topological polar surface area (TPSA) is 41.6 Å². The molecule has 1 N–H and O–H groups in total. The maximum Gasteiger partial charge on any atom is 0.223 e. The molecule has 3 aliphatic rings. The number of amides is 1. The molecule has 4 nitrogen and oxygen atoms in total. The van der Waals surface area contributed by atoms with Gasteiger partial charge in [-0.05, 0) is 56.3 Å². The van der Waals surface area contributed by atoms with E-state index in [1.54, 1.807) is 0 Å². The molecule has 0 aromatic carbocycles. The molecule has 2 saturated carbocycles. The lowest BCUT2D eigenvalue weighted by atomic mass is 9.71. The standard InChI is InChI=1S/C21H38N2O2/c1-21(2,3)17-5-4-6-18(15-17)22-20(24)16-7-9-19(10-8-16)23-11-13-25-14-12-23/h16-19H,4-15H2,1-3H3,(H,22,24). The van der Waals surface area contributed by atoms with E-state index in [1.807, 2.05) is 0 Å². The molecule has 0 bridgehead atoms. The van der Waals surface area contributed by atoms with E-state index in [9.17, 15) is 4.79 Å². The summed E-state index contributed by atoms with van der Waals surface area (Å²) in [6.45, 7) is 10.9. The first kappa shape index (κ1) is 19.2. The highest BCUT2D eigenvalue weighted by Gasteiger charge is 2.34. The molecule has 2 unspecified atom stereocenters. The molecule has 1 aliphatic heterocycles. The zero-order valence-electron chi connectivity index (χ0n) is 16.6. The molecule has 3 rings (SSSR count). The Balaban J connectivity index is 1.43. The highest BCUT2D eigenvalue weighted by Crippen LogP contribution is 2.38. The minimum Gasteiger partial charge on any atom is -0.379 e. The molecular weight excluding hydrogens is 312 g/mol. The lowest BCUT2D eigenvalue weighted by molar-refractivity contribution is -0.127. The predicted octanol–water partition coefficient (Wildman–Crippen LogP) is 3.60. The third-order valence-corrected chi connectivity index (χ3v) is 6.87. The molecule has 0 radical (unpaired) electrons. The van der Waals surface area contributed by atoms with E-state index >= 15 is 0 Å². The van der Waals surface area contributed by atoms with Crippen LogP contribution in [0.3, 0.4) is 0 Å². The zero-order chi connectivity index (χ0) is 17.9. The summed E-state index contributed by atoms with van der Waals surface area (Å²) in [6, 6.07) is 1.08. The molecular formula is C21H38N2O2. The minimum atomic E-state index is 0.243. The number of carbonyl (C=O) groups excluding carboxylic acids is 1. The molecule has 4 heteroatoms. The number of nitrogens with zero attached hydrogens (tertiary/aromatic N) is 1. The summed E-state index contributed by atoms with van der Waals surface area (Å²) in [5.74, 6) is 1.32. The molecule has 0 aromatic rings. The normalized spacial score (nSPS) is 35.3. The lowest BCUT2D eigenvalue weighted by Gasteiger charge is -2.40. The minimum absolute atomic E-state index is 0.243. The first-order valence-corrected chi connectivity index (χ1v) is 10.6. The van der Waals surface area contributed by atoms with Crippen LogP contribution in [0, 0.1) is 17.3 Å². The Bertz CT molecular complexity index is 432. The first-order valence-electron chi connectivity index (χ1n) is 10.6. The predicted molar refractivity (Wildman–Crippen MR) is 101 cm³/mol. The largest absolute Gasteiger partial charge is 0.379 e. The van der Waals surface area contributed by atoms with Crippen molar-refractivity contribution in [2.45, 2.75) is 84.2 Å². The monoisotopic (exact) mass is 350 g/mol. The van der Waals surface area contributed by atoms with Gasteiger partial charge in [0.15, 0.2) is 0 Å². The zero-order valence-corrected chi connectivity index (χ0v) is 16.6. The van der Waals surface area contributed by atoms with Crippen molar-refractivity contribution in [2.75, 3.05) is 26.3 Å². The maximum absolute atomic E-state index is 12.8. The van der Waals surface area contributed by atoms with Crippen molar-refractivity contribution in [2.24, 2.45) is 17.3 Å². The lowest BCUT2D eigenvalue weighted by Crippen LogP contribution is -2.47. The molecule has 2 aliphatic carbocycles. The Labute approximate surface area is 154 Å². The molecule has 2 atom stereocenters. The molecule has 0 aromatic heterocycles. The number of nitrogens with one attached hydrogen (secondary N) is 1. The van der Waals surface area contributed by atoms with E-state index in [0.717, 1.165) is 45.1 Å². The van der Waals surface area contributed by atoms with E-state index in [-0.39, 0.29) is 5.92 Å². The van der Waals surface area contributed by atoms with E-state index < -0.39 is 0 Å². The summed E-state index contributed by atoms with van der Waals surface area (Å²) < 4.78 is 5.46. The van der Waals surface area contributed by atoms with Gasteiger partial charge in [-0.1, -0.05) is 27.2 Å². The second-order valence-corrected chi connectivity index (χ2v) is 9.59. The van der Waals surface area contributed by atoms with Crippen LogP contribution in [-0.2, 0) is 9.53 Å². The Kier molecular flexibility index (Phi) is 6.43. The number of rotatable bonds is 3. The van der Waals surface area contributed by atoms with Gasteiger partial charge in [0.1, 0.15) is 0 Å². The highest BCUT2D eigenvalue weighted by molar-refractivity contribution is 5.79. The molecule has 0 spiro atoms. The third kappa shape index (κ3) is 5.19. The van der Waals surface area contributed by atoms with Crippen LogP contribution in [0.15, 0.2) is 0 Å². The van der Waals surface area contributed by atoms with Gasteiger partial charge in [-0.3, -0.25) is 9.69 Å². The summed E-state index contributed by atoms with van der Waals surface area (Å²) in [5, 5.41) is 3.41. The fraction of sp³-hybridized carbons (Fsp3) is 0.952. The number of morpholine rings is 1. The van der Waals surface area contributed by atoms with Crippen LogP contribution >= 0.6 is 0 Å². The van der Waals surface area contributed by atoms with Crippen molar-refractivity contribution in [1.82, 2.24) is 10.2 Å². The molecule has 3 fully saturated rings. The van der Waals surface area contributed by atoms with Gasteiger partial charge in [0.2, 0.25) is 5.91 Å². The number of carbonyl (C=O) groups is 1. The van der Waals surface area contributed by atoms with Crippen molar-refractivity contribution < 1.29 is 9.53 Å².